The molecule has 19 heavy (non-hydrogen) atoms. The molecule has 0 saturated heterocycles. The van der Waals surface area contributed by atoms with Crippen LogP contribution in [0.1, 0.15) is 13.3 Å². The Morgan fingerprint density at radius 3 is 2.84 bits per heavy atom. The highest BCUT2D eigenvalue weighted by atomic mass is 32.2. The van der Waals surface area contributed by atoms with E-state index >= 15 is 0 Å². The highest BCUT2D eigenvalue weighted by Crippen LogP contribution is 2.34. The summed E-state index contributed by atoms with van der Waals surface area (Å²) in [4.78, 5) is 13.5. The van der Waals surface area contributed by atoms with Crippen LogP contribution in [0.25, 0.3) is 0 Å². The Morgan fingerprint density at radius 1 is 1.47 bits per heavy atom. The minimum absolute atomic E-state index is 0.0523. The van der Waals surface area contributed by atoms with Gasteiger partial charge in [-0.3, -0.25) is 4.79 Å². The monoisotopic (exact) mass is 284 g/mol. The van der Waals surface area contributed by atoms with Gasteiger partial charge in [0.15, 0.2) is 0 Å². The Hall–Kier alpha value is -1.60. The number of anilines is 1. The Morgan fingerprint density at radius 2 is 2.21 bits per heavy atom. The van der Waals surface area contributed by atoms with E-state index in [4.69, 9.17) is 4.74 Å². The molecule has 6 nitrogen and oxygen atoms in total. The van der Waals surface area contributed by atoms with Crippen molar-refractivity contribution in [1.82, 2.24) is 4.72 Å². The van der Waals surface area contributed by atoms with Crippen molar-refractivity contribution in [3.05, 3.63) is 18.2 Å². The number of sulfonamides is 1. The minimum Gasteiger partial charge on any atom is -0.490 e. The Balaban J connectivity index is 2.50. The fourth-order valence-electron chi connectivity index (χ4n) is 1.93. The number of benzene rings is 1. The number of hydrogen-bond acceptors (Lipinski definition) is 4. The first-order valence-electron chi connectivity index (χ1n) is 6.00. The zero-order chi connectivity index (χ0) is 14.0. The van der Waals surface area contributed by atoms with Crippen LogP contribution in [0, 0.1) is 0 Å². The molecule has 0 bridgehead atoms. The van der Waals surface area contributed by atoms with E-state index in [2.05, 4.69) is 4.72 Å². The van der Waals surface area contributed by atoms with Gasteiger partial charge in [-0.2, -0.15) is 0 Å². The van der Waals surface area contributed by atoms with Crippen LogP contribution in [-0.2, 0) is 14.8 Å². The van der Waals surface area contributed by atoms with Crippen molar-refractivity contribution >= 4 is 21.6 Å². The van der Waals surface area contributed by atoms with Gasteiger partial charge in [-0.25, -0.2) is 13.1 Å². The fraction of sp³-hybridized carbons (Fsp3) is 0.417. The van der Waals surface area contributed by atoms with Crippen LogP contribution in [0.5, 0.6) is 5.75 Å². The molecule has 0 radical (unpaired) electrons. The largest absolute Gasteiger partial charge is 0.490 e. The maximum atomic E-state index is 11.9. The molecule has 0 unspecified atom stereocenters. The van der Waals surface area contributed by atoms with Crippen LogP contribution in [0.2, 0.25) is 0 Å². The van der Waals surface area contributed by atoms with Gasteiger partial charge < -0.3 is 9.64 Å². The predicted octanol–water partition coefficient (Wildman–Crippen LogP) is 0.730. The second kappa shape index (κ2) is 5.18. The molecule has 1 aliphatic heterocycles. The van der Waals surface area contributed by atoms with Crippen LogP contribution in [0.15, 0.2) is 23.1 Å². The Labute approximate surface area is 112 Å². The van der Waals surface area contributed by atoms with E-state index in [1.165, 1.54) is 19.2 Å². The van der Waals surface area contributed by atoms with Crippen molar-refractivity contribution in [2.24, 2.45) is 0 Å². The van der Waals surface area contributed by atoms with Crippen molar-refractivity contribution in [1.29, 1.82) is 0 Å². The molecule has 7 heteroatoms. The van der Waals surface area contributed by atoms with E-state index in [-0.39, 0.29) is 10.8 Å². The molecule has 1 heterocycles. The summed E-state index contributed by atoms with van der Waals surface area (Å²) in [6, 6.07) is 4.51. The smallest absolute Gasteiger partial charge is 0.240 e. The third-order valence-electron chi connectivity index (χ3n) is 2.98. The molecule has 0 atom stereocenters. The van der Waals surface area contributed by atoms with Crippen molar-refractivity contribution < 1.29 is 17.9 Å². The van der Waals surface area contributed by atoms with Crippen LogP contribution in [-0.4, -0.2) is 34.5 Å². The number of fused-ring (bicyclic) bond motifs is 1. The molecular weight excluding hydrogens is 268 g/mol. The summed E-state index contributed by atoms with van der Waals surface area (Å²) in [6.45, 7) is 2.62. The number of amides is 1. The van der Waals surface area contributed by atoms with Gasteiger partial charge in [-0.05, 0) is 25.2 Å². The first-order valence-corrected chi connectivity index (χ1v) is 7.48. The molecule has 0 aliphatic carbocycles. The highest BCUT2D eigenvalue weighted by Gasteiger charge is 2.24. The van der Waals surface area contributed by atoms with E-state index in [1.807, 2.05) is 0 Å². The second-order valence-electron chi connectivity index (χ2n) is 4.08. The predicted molar refractivity (Wildman–Crippen MR) is 70.8 cm³/mol. The molecule has 104 valence electrons. The quantitative estimate of drug-likeness (QED) is 0.888. The van der Waals surface area contributed by atoms with Crippen molar-refractivity contribution in [2.45, 2.75) is 18.2 Å². The molecular formula is C12H16N2O4S. The minimum atomic E-state index is -3.53. The lowest BCUT2D eigenvalue weighted by Crippen LogP contribution is -2.37. The lowest BCUT2D eigenvalue weighted by atomic mass is 10.2. The SMILES string of the molecule is CCC(=O)N1CCOc2ccc(S(=O)(=O)NC)cc21. The van der Waals surface area contributed by atoms with E-state index in [0.717, 1.165) is 0 Å². The van der Waals surface area contributed by atoms with Crippen LogP contribution in [0.4, 0.5) is 5.69 Å². The standard InChI is InChI=1S/C12H16N2O4S/c1-3-12(15)14-6-7-18-11-5-4-9(8-10(11)14)19(16,17)13-2/h4-5,8,13H,3,6-7H2,1-2H3. The lowest BCUT2D eigenvalue weighted by molar-refractivity contribution is -0.118. The first-order chi connectivity index (χ1) is 8.99. The van der Waals surface area contributed by atoms with E-state index in [9.17, 15) is 13.2 Å². The normalized spacial score (nSPS) is 14.7. The number of carbonyl (C=O) groups is 1. The molecule has 1 aromatic rings. The molecule has 0 aromatic heterocycles. The Bertz CT molecular complexity index is 598. The average molecular weight is 284 g/mol. The molecule has 0 saturated carbocycles. The van der Waals surface area contributed by atoms with Gasteiger partial charge in [-0.15, -0.1) is 0 Å². The van der Waals surface area contributed by atoms with Crippen LogP contribution < -0.4 is 14.4 Å². The van der Waals surface area contributed by atoms with Crippen molar-refractivity contribution in [3.63, 3.8) is 0 Å². The number of carbonyl (C=O) groups excluding carboxylic acids is 1. The molecule has 1 aliphatic rings. The molecule has 0 fully saturated rings. The number of nitrogens with one attached hydrogen (secondary N) is 1. The van der Waals surface area contributed by atoms with Gasteiger partial charge in [0, 0.05) is 6.42 Å². The number of ether oxygens (including phenoxy) is 1. The summed E-state index contributed by atoms with van der Waals surface area (Å²) >= 11 is 0. The van der Waals surface area contributed by atoms with E-state index in [0.29, 0.717) is 31.0 Å². The number of hydrogen-bond donors (Lipinski definition) is 1. The summed E-state index contributed by atoms with van der Waals surface area (Å²) in [5.41, 5.74) is 0.509. The summed E-state index contributed by atoms with van der Waals surface area (Å²) in [5, 5.41) is 0. The Kier molecular flexibility index (Phi) is 3.77. The number of rotatable bonds is 3. The zero-order valence-corrected chi connectivity index (χ0v) is 11.7. The first kappa shape index (κ1) is 13.8. The third kappa shape index (κ3) is 2.57. The van der Waals surface area contributed by atoms with Gasteiger partial charge in [0.2, 0.25) is 15.9 Å². The third-order valence-corrected chi connectivity index (χ3v) is 4.39. The van der Waals surface area contributed by atoms with E-state index < -0.39 is 10.0 Å². The zero-order valence-electron chi connectivity index (χ0n) is 10.8. The topological polar surface area (TPSA) is 75.7 Å². The summed E-state index contributed by atoms with van der Waals surface area (Å²) in [6.07, 6.45) is 0.364. The van der Waals surface area contributed by atoms with Gasteiger partial charge >= 0.3 is 0 Å². The molecule has 2 rings (SSSR count). The molecule has 1 aromatic carbocycles. The second-order valence-corrected chi connectivity index (χ2v) is 5.97. The van der Waals surface area contributed by atoms with Gasteiger partial charge in [0.1, 0.15) is 12.4 Å². The molecule has 1 amide bonds. The van der Waals surface area contributed by atoms with E-state index in [1.54, 1.807) is 17.9 Å². The highest BCUT2D eigenvalue weighted by molar-refractivity contribution is 7.89. The van der Waals surface area contributed by atoms with Crippen LogP contribution in [0.3, 0.4) is 0 Å². The summed E-state index contributed by atoms with van der Waals surface area (Å²) in [7, 11) is -2.18. The molecule has 1 N–H and O–H groups in total. The fourth-order valence-corrected chi connectivity index (χ4v) is 2.68. The maximum Gasteiger partial charge on any atom is 0.240 e. The van der Waals surface area contributed by atoms with Crippen molar-refractivity contribution in [3.8, 4) is 5.75 Å². The molecule has 0 spiro atoms. The van der Waals surface area contributed by atoms with Gasteiger partial charge in [0.25, 0.3) is 0 Å². The van der Waals surface area contributed by atoms with Crippen LogP contribution >= 0.6 is 0 Å². The average Bonchev–Trinajstić information content (AvgIpc) is 2.45. The summed E-state index contributed by atoms with van der Waals surface area (Å²) in [5.74, 6) is 0.478. The maximum absolute atomic E-state index is 11.9. The lowest BCUT2D eigenvalue weighted by Gasteiger charge is -2.29. The number of nitrogens with zero attached hydrogens (tertiary/aromatic N) is 1. The van der Waals surface area contributed by atoms with Crippen molar-refractivity contribution in [2.75, 3.05) is 25.1 Å². The van der Waals surface area contributed by atoms with Gasteiger partial charge in [-0.1, -0.05) is 6.92 Å². The summed E-state index contributed by atoms with van der Waals surface area (Å²) < 4.78 is 31.2. The van der Waals surface area contributed by atoms with Gasteiger partial charge in [0.05, 0.1) is 17.1 Å².